The quantitative estimate of drug-likeness (QED) is 0.0302. The van der Waals surface area contributed by atoms with E-state index in [-0.39, 0.29) is 18.9 Å². The van der Waals surface area contributed by atoms with E-state index in [1.165, 1.54) is 116 Å². The lowest BCUT2D eigenvalue weighted by molar-refractivity contribution is -0.379. The summed E-state index contributed by atoms with van der Waals surface area (Å²) >= 11 is 0. The van der Waals surface area contributed by atoms with Crippen LogP contribution in [0.25, 0.3) is 0 Å². The minimum absolute atomic E-state index is 0.206. The van der Waals surface area contributed by atoms with Crippen molar-refractivity contribution in [1.82, 2.24) is 5.32 Å². The number of hydrogen-bond acceptors (Lipinski definition) is 18. The van der Waals surface area contributed by atoms with Crippen molar-refractivity contribution in [2.24, 2.45) is 0 Å². The molecular weight excluding hydrogens is 975 g/mol. The van der Waals surface area contributed by atoms with Gasteiger partial charge in [-0.2, -0.15) is 0 Å². The number of aliphatic hydroxyl groups excluding tert-OH is 11. The molecule has 0 aliphatic carbocycles. The van der Waals surface area contributed by atoms with E-state index in [0.717, 1.165) is 32.1 Å². The van der Waals surface area contributed by atoms with Gasteiger partial charge in [-0.15, -0.1) is 0 Å². The molecule has 3 fully saturated rings. The fraction of sp³-hybridized carbons (Fsp3) is 0.875. The third-order valence-corrected chi connectivity index (χ3v) is 14.4. The first-order valence-corrected chi connectivity index (χ1v) is 28.7. The van der Waals surface area contributed by atoms with Crippen molar-refractivity contribution in [1.29, 1.82) is 0 Å². The minimum Gasteiger partial charge on any atom is -0.394 e. The van der Waals surface area contributed by atoms with Gasteiger partial charge in [0.1, 0.15) is 73.2 Å². The molecule has 0 saturated carbocycles. The van der Waals surface area contributed by atoms with Crippen LogP contribution in [-0.2, 0) is 33.2 Å². The summed E-state index contributed by atoms with van der Waals surface area (Å²) in [7, 11) is 0. The Morgan fingerprint density at radius 2 is 0.853 bits per heavy atom. The highest BCUT2D eigenvalue weighted by molar-refractivity contribution is 5.76. The summed E-state index contributed by atoms with van der Waals surface area (Å²) in [4.78, 5) is 12.8. The Bertz CT molecular complexity index is 1520. The maximum absolute atomic E-state index is 12.8. The Hall–Kier alpha value is -1.99. The first-order chi connectivity index (χ1) is 36.3. The van der Waals surface area contributed by atoms with Crippen molar-refractivity contribution >= 4 is 5.91 Å². The maximum atomic E-state index is 12.8. The van der Waals surface area contributed by atoms with E-state index in [9.17, 15) is 61.0 Å². The van der Waals surface area contributed by atoms with Gasteiger partial charge >= 0.3 is 0 Å². The number of allylic oxidation sites excluding steroid dienone is 5. The number of rotatable bonds is 41. The molecule has 17 atom stereocenters. The van der Waals surface area contributed by atoms with Gasteiger partial charge < -0.3 is 89.9 Å². The van der Waals surface area contributed by atoms with Crippen molar-refractivity contribution in [3.8, 4) is 0 Å². The monoisotopic (exact) mass is 1080 g/mol. The van der Waals surface area contributed by atoms with Crippen LogP contribution in [0.1, 0.15) is 181 Å². The Kier molecular flexibility index (Phi) is 36.1. The highest BCUT2D eigenvalue weighted by Crippen LogP contribution is 2.33. The number of aliphatic hydroxyl groups is 11. The smallest absolute Gasteiger partial charge is 0.220 e. The number of nitrogens with one attached hydrogen (secondary N) is 1. The molecule has 0 radical (unpaired) electrons. The van der Waals surface area contributed by atoms with E-state index < -0.39 is 124 Å². The lowest BCUT2D eigenvalue weighted by Gasteiger charge is -2.48. The molecule has 3 rings (SSSR count). The van der Waals surface area contributed by atoms with Crippen LogP contribution in [0.5, 0.6) is 0 Å². The Balaban J connectivity index is 1.36. The zero-order valence-corrected chi connectivity index (χ0v) is 45.3. The third kappa shape index (κ3) is 24.9. The number of ether oxygens (including phenoxy) is 6. The summed E-state index contributed by atoms with van der Waals surface area (Å²) in [6.07, 6.45) is 16.1. The fourth-order valence-corrected chi connectivity index (χ4v) is 9.61. The number of carbonyl (C=O) groups is 1. The maximum Gasteiger partial charge on any atom is 0.220 e. The molecule has 3 aliphatic heterocycles. The van der Waals surface area contributed by atoms with Crippen molar-refractivity contribution in [3.63, 3.8) is 0 Å². The van der Waals surface area contributed by atoms with E-state index in [2.05, 4.69) is 36.5 Å². The lowest BCUT2D eigenvalue weighted by Crippen LogP contribution is -2.66. The molecule has 0 aromatic carbocycles. The summed E-state index contributed by atoms with van der Waals surface area (Å²) in [6.45, 7) is 1.41. The normalized spacial score (nSPS) is 31.5. The van der Waals surface area contributed by atoms with Gasteiger partial charge in [0.2, 0.25) is 5.91 Å². The van der Waals surface area contributed by atoms with Crippen LogP contribution in [-0.4, -0.2) is 193 Å². The SMILES string of the molecule is CCCCCCCCCCCCCCCCCCCC/C=C/CC/C=C/CC/C=C/C(O)C(COC1OC(CO)C(OC2OC(CO)C(OC3OC(CO)C(O)C(O)C3O)C(O)C2O)C(O)C1O)NC(=O)CCCC. The molecule has 438 valence electrons. The van der Waals surface area contributed by atoms with Gasteiger partial charge in [-0.05, 0) is 44.9 Å². The van der Waals surface area contributed by atoms with Crippen LogP contribution in [0.15, 0.2) is 36.5 Å². The van der Waals surface area contributed by atoms with Crippen LogP contribution in [0.4, 0.5) is 0 Å². The Morgan fingerprint density at radius 3 is 1.32 bits per heavy atom. The minimum atomic E-state index is -1.98. The standard InChI is InChI=1S/C56H101NO18/c1-3-5-7-8-9-10-11-12-13-14-15-16-17-18-19-20-21-22-23-24-25-26-27-28-29-30-31-32-33-40(61)39(57-44(62)34-6-4-2)38-70-54-50(68)47(65)52(42(36-59)72-54)75-56-51(69)48(66)53(43(37-60)73-56)74-55-49(67)46(64)45(63)41(35-58)71-55/h24-25,28-29,32-33,39-43,45-56,58-61,63-69H,3-23,26-27,30-31,34-38H2,1-2H3,(H,57,62)/b25-24+,29-28+,33-32+. The highest BCUT2D eigenvalue weighted by atomic mass is 16.8. The number of carbonyl (C=O) groups excluding carboxylic acids is 1. The van der Waals surface area contributed by atoms with E-state index in [1.54, 1.807) is 6.08 Å². The molecule has 0 aromatic heterocycles. The molecule has 17 unspecified atom stereocenters. The molecule has 0 bridgehead atoms. The fourth-order valence-electron chi connectivity index (χ4n) is 9.61. The average Bonchev–Trinajstić information content (AvgIpc) is 3.41. The lowest BCUT2D eigenvalue weighted by atomic mass is 9.96. The zero-order valence-electron chi connectivity index (χ0n) is 45.3. The Labute approximate surface area is 447 Å². The Morgan fingerprint density at radius 1 is 0.467 bits per heavy atom. The summed E-state index contributed by atoms with van der Waals surface area (Å²) in [6, 6.07) is -0.989. The molecule has 3 aliphatic rings. The van der Waals surface area contributed by atoms with Crippen LogP contribution in [0.2, 0.25) is 0 Å². The molecule has 0 spiro atoms. The van der Waals surface area contributed by atoms with Gasteiger partial charge in [0.05, 0.1) is 38.6 Å². The molecule has 19 heteroatoms. The number of unbranched alkanes of at least 4 members (excludes halogenated alkanes) is 21. The molecule has 3 saturated heterocycles. The van der Waals surface area contributed by atoms with Crippen molar-refractivity contribution in [3.05, 3.63) is 36.5 Å². The van der Waals surface area contributed by atoms with Crippen LogP contribution < -0.4 is 5.32 Å². The molecule has 19 nitrogen and oxygen atoms in total. The van der Waals surface area contributed by atoms with E-state index in [1.807, 2.05) is 13.0 Å². The second-order valence-electron chi connectivity index (χ2n) is 20.7. The van der Waals surface area contributed by atoms with Crippen molar-refractivity contribution in [2.75, 3.05) is 26.4 Å². The first kappa shape index (κ1) is 67.3. The summed E-state index contributed by atoms with van der Waals surface area (Å²) < 4.78 is 33.9. The summed E-state index contributed by atoms with van der Waals surface area (Å²) in [5.74, 6) is -0.327. The van der Waals surface area contributed by atoms with Gasteiger partial charge in [0.15, 0.2) is 18.9 Å². The van der Waals surface area contributed by atoms with E-state index >= 15 is 0 Å². The molecule has 3 heterocycles. The van der Waals surface area contributed by atoms with E-state index in [4.69, 9.17) is 28.4 Å². The van der Waals surface area contributed by atoms with Gasteiger partial charge in [-0.3, -0.25) is 4.79 Å². The average molecular weight is 1080 g/mol. The first-order valence-electron chi connectivity index (χ1n) is 28.7. The topological polar surface area (TPSA) is 307 Å². The van der Waals surface area contributed by atoms with Gasteiger partial charge in [-0.1, -0.05) is 166 Å². The predicted octanol–water partition coefficient (Wildman–Crippen LogP) is 4.15. The van der Waals surface area contributed by atoms with Gasteiger partial charge in [-0.25, -0.2) is 0 Å². The molecule has 0 aromatic rings. The second-order valence-corrected chi connectivity index (χ2v) is 20.7. The zero-order chi connectivity index (χ0) is 54.8. The van der Waals surface area contributed by atoms with E-state index in [0.29, 0.717) is 12.8 Å². The number of hydrogen-bond donors (Lipinski definition) is 12. The third-order valence-electron chi connectivity index (χ3n) is 14.4. The predicted molar refractivity (Wildman–Crippen MR) is 282 cm³/mol. The second kappa shape index (κ2) is 40.2. The molecule has 12 N–H and O–H groups in total. The van der Waals surface area contributed by atoms with Crippen molar-refractivity contribution < 1.29 is 89.4 Å². The molecule has 75 heavy (non-hydrogen) atoms. The number of amides is 1. The molecular formula is C56H101NO18. The summed E-state index contributed by atoms with van der Waals surface area (Å²) in [5.41, 5.74) is 0. The van der Waals surface area contributed by atoms with Crippen LogP contribution in [0.3, 0.4) is 0 Å². The molecule has 1 amide bonds. The van der Waals surface area contributed by atoms with Crippen molar-refractivity contribution in [2.45, 2.75) is 285 Å². The van der Waals surface area contributed by atoms with Gasteiger partial charge in [0, 0.05) is 6.42 Å². The van der Waals surface area contributed by atoms with Crippen LogP contribution >= 0.6 is 0 Å². The highest BCUT2D eigenvalue weighted by Gasteiger charge is 2.53. The largest absolute Gasteiger partial charge is 0.394 e. The van der Waals surface area contributed by atoms with Crippen LogP contribution in [0, 0.1) is 0 Å². The van der Waals surface area contributed by atoms with Gasteiger partial charge in [0.25, 0.3) is 0 Å². The summed E-state index contributed by atoms with van der Waals surface area (Å²) in [5, 5.41) is 119.